The average Bonchev–Trinajstić information content (AvgIpc) is 2.43. The first-order valence-corrected chi connectivity index (χ1v) is 8.00. The summed E-state index contributed by atoms with van der Waals surface area (Å²) in [6.07, 6.45) is -8.43. The number of alkyl halides is 13. The molecule has 0 aliphatic carbocycles. The Labute approximate surface area is 147 Å². The Balaban J connectivity index is 5.56. The zero-order valence-electron chi connectivity index (χ0n) is 12.8. The number of halogens is 13. The Hall–Kier alpha value is -1.04. The summed E-state index contributed by atoms with van der Waals surface area (Å²) >= 11 is 0. The number of ether oxygens (including phenoxy) is 1. The Kier molecular flexibility index (Phi) is 7.37. The standard InChI is InChI=1S/C10H9F13O4S/c11-5(12,4-27-2-1-3-28(24,25)26)6(13,14)7(15,16)8(17,18)9(19,20)10(21,22)23/h1-4H2,(H,24,25,26)/p-1. The van der Waals surface area contributed by atoms with Gasteiger partial charge in [0.1, 0.15) is 6.61 Å². The van der Waals surface area contributed by atoms with Crippen LogP contribution in [0.3, 0.4) is 0 Å². The van der Waals surface area contributed by atoms with Crippen LogP contribution >= 0.6 is 0 Å². The third kappa shape index (κ3) is 4.92. The summed E-state index contributed by atoms with van der Waals surface area (Å²) in [5, 5.41) is 0. The molecule has 0 bridgehead atoms. The molecule has 0 aromatic rings. The minimum atomic E-state index is -8.00. The van der Waals surface area contributed by atoms with Gasteiger partial charge in [-0.05, 0) is 6.42 Å². The molecule has 0 amide bonds. The van der Waals surface area contributed by atoms with Crippen LogP contribution in [0.25, 0.3) is 0 Å². The molecule has 0 radical (unpaired) electrons. The van der Waals surface area contributed by atoms with Crippen LogP contribution in [-0.4, -0.2) is 67.7 Å². The van der Waals surface area contributed by atoms with Crippen LogP contribution in [0.5, 0.6) is 0 Å². The number of hydrogen-bond acceptors (Lipinski definition) is 4. The molecule has 0 saturated carbocycles. The van der Waals surface area contributed by atoms with E-state index in [4.69, 9.17) is 0 Å². The summed E-state index contributed by atoms with van der Waals surface area (Å²) in [5.41, 5.74) is 0. The molecule has 0 rings (SSSR count). The van der Waals surface area contributed by atoms with Gasteiger partial charge in [-0.2, -0.15) is 57.1 Å². The van der Waals surface area contributed by atoms with Crippen molar-refractivity contribution in [2.24, 2.45) is 0 Å². The van der Waals surface area contributed by atoms with Gasteiger partial charge in [0.25, 0.3) is 0 Å². The highest BCUT2D eigenvalue weighted by atomic mass is 32.2. The molecular formula is C10H8F13O4S-. The molecule has 0 fully saturated rings. The minimum Gasteiger partial charge on any atom is -0.748 e. The molecule has 0 spiro atoms. The highest BCUT2D eigenvalue weighted by molar-refractivity contribution is 7.85. The van der Waals surface area contributed by atoms with E-state index in [1.807, 2.05) is 0 Å². The van der Waals surface area contributed by atoms with Gasteiger partial charge < -0.3 is 9.29 Å². The number of hydrogen-bond donors (Lipinski definition) is 0. The van der Waals surface area contributed by atoms with E-state index in [1.165, 1.54) is 0 Å². The van der Waals surface area contributed by atoms with E-state index in [-0.39, 0.29) is 0 Å². The summed E-state index contributed by atoms with van der Waals surface area (Å²) in [6.45, 7) is -4.18. The van der Waals surface area contributed by atoms with Crippen molar-refractivity contribution in [3.05, 3.63) is 0 Å². The highest BCUT2D eigenvalue weighted by Gasteiger charge is 2.90. The lowest BCUT2D eigenvalue weighted by molar-refractivity contribution is -0.441. The van der Waals surface area contributed by atoms with E-state index in [0.29, 0.717) is 0 Å². The summed E-state index contributed by atoms with van der Waals surface area (Å²) in [5.74, 6) is -38.9. The molecule has 0 N–H and O–H groups in total. The fourth-order valence-electron chi connectivity index (χ4n) is 1.43. The first-order valence-electron chi connectivity index (χ1n) is 6.43. The predicted octanol–water partition coefficient (Wildman–Crippen LogP) is 3.68. The van der Waals surface area contributed by atoms with Crippen molar-refractivity contribution in [3.63, 3.8) is 0 Å². The van der Waals surface area contributed by atoms with Crippen LogP contribution in [-0.2, 0) is 14.9 Å². The van der Waals surface area contributed by atoms with Crippen molar-refractivity contribution in [1.82, 2.24) is 0 Å². The summed E-state index contributed by atoms with van der Waals surface area (Å²) in [7, 11) is -4.92. The fraction of sp³-hybridized carbons (Fsp3) is 1.00. The summed E-state index contributed by atoms with van der Waals surface area (Å²) in [6, 6.07) is 0. The monoisotopic (exact) mass is 471 g/mol. The molecule has 4 nitrogen and oxygen atoms in total. The largest absolute Gasteiger partial charge is 0.748 e. The van der Waals surface area contributed by atoms with Gasteiger partial charge in [0.2, 0.25) is 0 Å². The molecule has 0 unspecified atom stereocenters. The van der Waals surface area contributed by atoms with Crippen LogP contribution in [0.1, 0.15) is 6.42 Å². The lowest BCUT2D eigenvalue weighted by Crippen LogP contribution is -2.70. The van der Waals surface area contributed by atoms with E-state index in [2.05, 4.69) is 4.74 Å². The van der Waals surface area contributed by atoms with Crippen molar-refractivity contribution in [3.8, 4) is 0 Å². The second-order valence-electron chi connectivity index (χ2n) is 5.17. The molecule has 0 aliphatic rings. The maximum absolute atomic E-state index is 13.2. The van der Waals surface area contributed by atoms with E-state index in [0.717, 1.165) is 0 Å². The first-order chi connectivity index (χ1) is 12.0. The first kappa shape index (κ1) is 27.0. The fourth-order valence-corrected chi connectivity index (χ4v) is 1.90. The number of rotatable bonds is 10. The third-order valence-electron chi connectivity index (χ3n) is 2.96. The minimum absolute atomic E-state index is 0.938. The molecule has 0 aromatic carbocycles. The van der Waals surface area contributed by atoms with Gasteiger partial charge in [0, 0.05) is 12.4 Å². The highest BCUT2D eigenvalue weighted by Crippen LogP contribution is 2.60. The average molecular weight is 471 g/mol. The Morgan fingerprint density at radius 3 is 1.43 bits per heavy atom. The topological polar surface area (TPSA) is 66.4 Å². The van der Waals surface area contributed by atoms with Crippen LogP contribution < -0.4 is 0 Å². The van der Waals surface area contributed by atoms with Crippen LogP contribution in [0.2, 0.25) is 0 Å². The molecule has 28 heavy (non-hydrogen) atoms. The van der Waals surface area contributed by atoms with Crippen molar-refractivity contribution >= 4 is 10.1 Å². The van der Waals surface area contributed by atoms with Crippen LogP contribution in [0, 0.1) is 0 Å². The van der Waals surface area contributed by atoms with E-state index >= 15 is 0 Å². The Morgan fingerprint density at radius 2 is 1.07 bits per heavy atom. The lowest BCUT2D eigenvalue weighted by Gasteiger charge is -2.39. The summed E-state index contributed by atoms with van der Waals surface area (Å²) < 4.78 is 199. The third-order valence-corrected chi connectivity index (χ3v) is 3.75. The summed E-state index contributed by atoms with van der Waals surface area (Å²) in [4.78, 5) is 0. The van der Waals surface area contributed by atoms with Crippen LogP contribution in [0.4, 0.5) is 57.1 Å². The molecule has 0 heterocycles. The van der Waals surface area contributed by atoms with Crippen molar-refractivity contribution in [1.29, 1.82) is 0 Å². The molecule has 0 aromatic heterocycles. The van der Waals surface area contributed by atoms with Crippen LogP contribution in [0.15, 0.2) is 0 Å². The van der Waals surface area contributed by atoms with E-state index < -0.39 is 71.3 Å². The van der Waals surface area contributed by atoms with E-state index in [1.54, 1.807) is 0 Å². The second-order valence-corrected chi connectivity index (χ2v) is 6.69. The van der Waals surface area contributed by atoms with Crippen molar-refractivity contribution in [2.45, 2.75) is 42.2 Å². The SMILES string of the molecule is O=S(=O)([O-])CCCOCC(F)(F)C(F)(F)C(F)(F)C(F)(F)C(F)(F)C(F)(F)F. The van der Waals surface area contributed by atoms with Gasteiger partial charge in [-0.25, -0.2) is 8.42 Å². The predicted molar refractivity (Wildman–Crippen MR) is 60.8 cm³/mol. The van der Waals surface area contributed by atoms with Gasteiger partial charge in [-0.15, -0.1) is 0 Å². The van der Waals surface area contributed by atoms with Gasteiger partial charge in [0.15, 0.2) is 0 Å². The zero-order valence-corrected chi connectivity index (χ0v) is 13.6. The van der Waals surface area contributed by atoms with Gasteiger partial charge in [-0.1, -0.05) is 0 Å². The second kappa shape index (κ2) is 7.66. The lowest BCUT2D eigenvalue weighted by atomic mass is 9.94. The molecular weight excluding hydrogens is 463 g/mol. The van der Waals surface area contributed by atoms with Gasteiger partial charge in [0.05, 0.1) is 10.1 Å². The zero-order chi connectivity index (χ0) is 23.0. The molecule has 0 aliphatic heterocycles. The quantitative estimate of drug-likeness (QED) is 0.277. The molecule has 170 valence electrons. The van der Waals surface area contributed by atoms with Gasteiger partial charge in [-0.3, -0.25) is 0 Å². The maximum atomic E-state index is 13.2. The van der Waals surface area contributed by atoms with Crippen molar-refractivity contribution in [2.75, 3.05) is 19.0 Å². The Bertz CT molecular complexity index is 640. The Morgan fingerprint density at radius 1 is 0.679 bits per heavy atom. The van der Waals surface area contributed by atoms with Gasteiger partial charge >= 0.3 is 35.8 Å². The smallest absolute Gasteiger partial charge is 0.460 e. The van der Waals surface area contributed by atoms with Crippen molar-refractivity contribution < 1.29 is 74.8 Å². The molecule has 18 heteroatoms. The van der Waals surface area contributed by atoms with E-state index in [9.17, 15) is 70.0 Å². The molecule has 0 saturated heterocycles. The maximum Gasteiger partial charge on any atom is 0.460 e. The normalized spacial score (nSPS) is 15.8. The molecule has 0 atom stereocenters.